The molecule has 0 amide bonds. The van der Waals surface area contributed by atoms with Gasteiger partial charge in [-0.25, -0.2) is 0 Å². The van der Waals surface area contributed by atoms with Crippen LogP contribution in [0.1, 0.15) is 17.5 Å². The van der Waals surface area contributed by atoms with Crippen molar-refractivity contribution in [2.24, 2.45) is 8.80 Å². The van der Waals surface area contributed by atoms with Crippen molar-refractivity contribution in [3.8, 4) is 0 Å². The second-order valence-electron chi connectivity index (χ2n) is 7.27. The number of nitrogens with zero attached hydrogens (tertiary/aromatic N) is 4. The monoisotopic (exact) mass is 430 g/mol. The van der Waals surface area contributed by atoms with Crippen molar-refractivity contribution in [2.45, 2.75) is 22.3 Å². The van der Waals surface area contributed by atoms with Crippen molar-refractivity contribution in [3.05, 3.63) is 59.7 Å². The highest BCUT2D eigenvalue weighted by Gasteiger charge is 2.38. The maximum Gasteiger partial charge on any atom is 0.285 e. The zero-order valence-electron chi connectivity index (χ0n) is 15.6. The second-order valence-corrected chi connectivity index (χ2v) is 10.4. The lowest BCUT2D eigenvalue weighted by molar-refractivity contribution is 0.370. The molecule has 0 radical (unpaired) electrons. The molecule has 1 unspecified atom stereocenters. The van der Waals surface area contributed by atoms with Crippen LogP contribution in [-0.2, 0) is 20.0 Å². The molecular weight excluding hydrogens is 412 g/mol. The Kier molecular flexibility index (Phi) is 3.88. The summed E-state index contributed by atoms with van der Waals surface area (Å²) in [6.07, 6.45) is 0.735. The summed E-state index contributed by atoms with van der Waals surface area (Å²) in [5.41, 5.74) is 1.21. The van der Waals surface area contributed by atoms with Gasteiger partial charge < -0.3 is 9.80 Å². The maximum atomic E-state index is 12.4. The summed E-state index contributed by atoms with van der Waals surface area (Å²) < 4.78 is 57.4. The lowest BCUT2D eigenvalue weighted by atomic mass is 10.1. The van der Waals surface area contributed by atoms with Crippen LogP contribution in [-0.4, -0.2) is 64.5 Å². The van der Waals surface area contributed by atoms with E-state index in [1.165, 1.54) is 0 Å². The molecule has 5 rings (SSSR count). The number of hydrogen-bond donors (Lipinski definition) is 0. The first kappa shape index (κ1) is 18.3. The van der Waals surface area contributed by atoms with Crippen LogP contribution in [0.5, 0.6) is 0 Å². The molecule has 0 spiro atoms. The van der Waals surface area contributed by atoms with E-state index in [2.05, 4.69) is 8.80 Å². The Morgan fingerprint density at radius 1 is 0.897 bits per heavy atom. The SMILES string of the molecule is CN(C1=NS(=O)(=O)c2ccccc21)C1CCN(C2=NS(=O)(=O)c3ccccc32)C1. The van der Waals surface area contributed by atoms with Gasteiger partial charge in [-0.1, -0.05) is 24.3 Å². The van der Waals surface area contributed by atoms with Crippen LogP contribution in [0.4, 0.5) is 0 Å². The third kappa shape index (κ3) is 2.77. The summed E-state index contributed by atoms with van der Waals surface area (Å²) in [6.45, 7) is 1.15. The highest BCUT2D eigenvalue weighted by molar-refractivity contribution is 7.91. The Bertz CT molecular complexity index is 1300. The Balaban J connectivity index is 1.43. The minimum atomic E-state index is -3.68. The van der Waals surface area contributed by atoms with Crippen molar-refractivity contribution in [3.63, 3.8) is 0 Å². The van der Waals surface area contributed by atoms with Gasteiger partial charge in [-0.15, -0.1) is 8.80 Å². The Hall–Kier alpha value is -2.72. The number of benzene rings is 2. The van der Waals surface area contributed by atoms with Crippen molar-refractivity contribution in [1.82, 2.24) is 9.80 Å². The molecule has 0 aromatic heterocycles. The van der Waals surface area contributed by atoms with Crippen LogP contribution in [0.15, 0.2) is 67.1 Å². The molecule has 0 bridgehead atoms. The third-order valence-electron chi connectivity index (χ3n) is 5.57. The summed E-state index contributed by atoms with van der Waals surface area (Å²) >= 11 is 0. The van der Waals surface area contributed by atoms with Gasteiger partial charge in [0.2, 0.25) is 0 Å². The van der Waals surface area contributed by atoms with E-state index in [1.54, 1.807) is 48.5 Å². The van der Waals surface area contributed by atoms with Gasteiger partial charge in [0.05, 0.1) is 0 Å². The number of hydrogen-bond acceptors (Lipinski definition) is 6. The second kappa shape index (κ2) is 6.14. The number of rotatable bonds is 1. The van der Waals surface area contributed by atoms with E-state index >= 15 is 0 Å². The van der Waals surface area contributed by atoms with Gasteiger partial charge in [-0.2, -0.15) is 16.8 Å². The van der Waals surface area contributed by atoms with E-state index in [-0.39, 0.29) is 15.8 Å². The molecule has 0 aliphatic carbocycles. The zero-order valence-corrected chi connectivity index (χ0v) is 17.2. The molecule has 3 heterocycles. The van der Waals surface area contributed by atoms with Crippen LogP contribution in [0.25, 0.3) is 0 Å². The summed E-state index contributed by atoms with van der Waals surface area (Å²) in [5.74, 6) is 0.881. The number of likely N-dealkylation sites (tertiary alicyclic amines) is 1. The van der Waals surface area contributed by atoms with Crippen LogP contribution in [0, 0.1) is 0 Å². The largest absolute Gasteiger partial charge is 0.354 e. The summed E-state index contributed by atoms with van der Waals surface area (Å²) in [6, 6.07) is 13.6. The summed E-state index contributed by atoms with van der Waals surface area (Å²) in [4.78, 5) is 4.27. The standard InChI is InChI=1S/C19H18N4O4S2/c1-22(18-14-6-2-4-8-16(14)28(24,25)20-18)13-10-11-23(12-13)19-15-7-3-5-9-17(15)29(26,27)21-19/h2-9,13H,10-12H2,1H3. The van der Waals surface area contributed by atoms with E-state index in [4.69, 9.17) is 0 Å². The molecule has 29 heavy (non-hydrogen) atoms. The molecule has 150 valence electrons. The number of amidine groups is 2. The van der Waals surface area contributed by atoms with Crippen LogP contribution >= 0.6 is 0 Å². The van der Waals surface area contributed by atoms with Crippen LogP contribution in [0.3, 0.4) is 0 Å². The molecule has 8 nitrogen and oxygen atoms in total. The predicted molar refractivity (Wildman–Crippen MR) is 108 cm³/mol. The number of sulfonamides is 2. The first-order valence-corrected chi connectivity index (χ1v) is 12.0. The van der Waals surface area contributed by atoms with Crippen molar-refractivity contribution in [1.29, 1.82) is 0 Å². The maximum absolute atomic E-state index is 12.4. The summed E-state index contributed by atoms with van der Waals surface area (Å²) in [5, 5.41) is 0. The van der Waals surface area contributed by atoms with Gasteiger partial charge in [0.15, 0.2) is 11.7 Å². The normalized spacial score (nSPS) is 23.3. The highest BCUT2D eigenvalue weighted by Crippen LogP contribution is 2.32. The molecule has 0 saturated carbocycles. The highest BCUT2D eigenvalue weighted by atomic mass is 32.2. The molecule has 1 atom stereocenters. The minimum Gasteiger partial charge on any atom is -0.354 e. The first-order chi connectivity index (χ1) is 13.8. The fourth-order valence-electron chi connectivity index (χ4n) is 4.08. The third-order valence-corrected chi connectivity index (χ3v) is 8.22. The molecular formula is C19H18N4O4S2. The smallest absolute Gasteiger partial charge is 0.285 e. The average molecular weight is 431 g/mol. The van der Waals surface area contributed by atoms with Crippen molar-refractivity contribution >= 4 is 31.7 Å². The number of likely N-dealkylation sites (N-methyl/N-ethyl adjacent to an activating group) is 1. The Morgan fingerprint density at radius 2 is 1.48 bits per heavy atom. The van der Waals surface area contributed by atoms with Gasteiger partial charge in [0, 0.05) is 37.3 Å². The quantitative estimate of drug-likeness (QED) is 0.676. The molecule has 1 fully saturated rings. The van der Waals surface area contributed by atoms with Gasteiger partial charge in [0.1, 0.15) is 9.79 Å². The fourth-order valence-corrected chi connectivity index (χ4v) is 6.55. The van der Waals surface area contributed by atoms with Crippen LogP contribution in [0.2, 0.25) is 0 Å². The Labute approximate surface area is 169 Å². The zero-order chi connectivity index (χ0) is 20.4. The van der Waals surface area contributed by atoms with E-state index in [1.807, 2.05) is 16.8 Å². The van der Waals surface area contributed by atoms with Gasteiger partial charge >= 0.3 is 0 Å². The topological polar surface area (TPSA) is 99.5 Å². The molecule has 2 aromatic rings. The minimum absolute atomic E-state index is 0.0201. The van der Waals surface area contributed by atoms with Crippen LogP contribution < -0.4 is 0 Å². The van der Waals surface area contributed by atoms with E-state index in [0.29, 0.717) is 35.9 Å². The van der Waals surface area contributed by atoms with E-state index in [9.17, 15) is 16.8 Å². The Morgan fingerprint density at radius 3 is 2.21 bits per heavy atom. The molecule has 1 saturated heterocycles. The average Bonchev–Trinajstić information content (AvgIpc) is 3.36. The first-order valence-electron chi connectivity index (χ1n) is 9.14. The predicted octanol–water partition coefficient (Wildman–Crippen LogP) is 1.29. The van der Waals surface area contributed by atoms with Gasteiger partial charge in [-0.05, 0) is 30.7 Å². The molecule has 10 heteroatoms. The molecule has 0 N–H and O–H groups in total. The van der Waals surface area contributed by atoms with Gasteiger partial charge in [-0.3, -0.25) is 0 Å². The molecule has 3 aliphatic heterocycles. The van der Waals surface area contributed by atoms with Gasteiger partial charge in [0.25, 0.3) is 20.0 Å². The number of fused-ring (bicyclic) bond motifs is 2. The lowest BCUT2D eigenvalue weighted by Crippen LogP contribution is -2.40. The van der Waals surface area contributed by atoms with E-state index < -0.39 is 20.0 Å². The fraction of sp³-hybridized carbons (Fsp3) is 0.263. The van der Waals surface area contributed by atoms with Crippen molar-refractivity contribution in [2.75, 3.05) is 20.1 Å². The summed E-state index contributed by atoms with van der Waals surface area (Å²) in [7, 11) is -5.53. The lowest BCUT2D eigenvalue weighted by Gasteiger charge is -2.27. The molecule has 2 aromatic carbocycles. The van der Waals surface area contributed by atoms with Crippen molar-refractivity contribution < 1.29 is 16.8 Å². The van der Waals surface area contributed by atoms with E-state index in [0.717, 1.165) is 6.42 Å². The molecule has 3 aliphatic rings.